The summed E-state index contributed by atoms with van der Waals surface area (Å²) in [7, 11) is 0. The molecule has 0 spiro atoms. The molecular weight excluding hydrogens is 444 g/mol. The molecule has 3 aromatic rings. The van der Waals surface area contributed by atoms with E-state index in [9.17, 15) is 4.79 Å². The Balaban J connectivity index is 1.53. The van der Waals surface area contributed by atoms with Gasteiger partial charge in [-0.05, 0) is 101 Å². The molecule has 0 bridgehead atoms. The maximum absolute atomic E-state index is 13.1. The first kappa shape index (κ1) is 24.4. The number of carbonyl (C=O) groups excluding carboxylic acids is 1. The molecule has 1 aliphatic rings. The smallest absolute Gasteiger partial charge is 0.163 e. The molecule has 2 heterocycles. The molecule has 0 radical (unpaired) electrons. The van der Waals surface area contributed by atoms with Crippen molar-refractivity contribution in [2.24, 2.45) is 5.92 Å². The number of hydrogen-bond acceptors (Lipinski definition) is 4. The van der Waals surface area contributed by atoms with E-state index in [2.05, 4.69) is 51.0 Å². The summed E-state index contributed by atoms with van der Waals surface area (Å²) >= 11 is 6.60. The van der Waals surface area contributed by atoms with E-state index in [1.54, 1.807) is 24.5 Å². The van der Waals surface area contributed by atoms with E-state index < -0.39 is 0 Å². The Labute approximate surface area is 207 Å². The van der Waals surface area contributed by atoms with Crippen LogP contribution in [0.4, 0.5) is 0 Å². The summed E-state index contributed by atoms with van der Waals surface area (Å²) in [6.07, 6.45) is 6.01. The maximum atomic E-state index is 13.1. The monoisotopic (exact) mass is 476 g/mol. The number of ketones is 1. The van der Waals surface area contributed by atoms with Gasteiger partial charge in [-0.15, -0.1) is 0 Å². The number of aryl methyl sites for hydroxylation is 1. The minimum Gasteiger partial charge on any atom is -0.455 e. The van der Waals surface area contributed by atoms with Crippen LogP contribution in [0.25, 0.3) is 11.1 Å². The minimum atomic E-state index is 0.0162. The second-order valence-corrected chi connectivity index (χ2v) is 11.1. The highest BCUT2D eigenvalue weighted by Gasteiger charge is 2.38. The molecule has 0 unspecified atom stereocenters. The molecule has 1 N–H and O–H groups in total. The van der Waals surface area contributed by atoms with E-state index in [1.807, 2.05) is 30.3 Å². The third kappa shape index (κ3) is 5.68. The van der Waals surface area contributed by atoms with Crippen LogP contribution in [0.2, 0.25) is 5.02 Å². The largest absolute Gasteiger partial charge is 0.455 e. The van der Waals surface area contributed by atoms with Gasteiger partial charge in [-0.2, -0.15) is 0 Å². The average molecular weight is 477 g/mol. The van der Waals surface area contributed by atoms with E-state index in [0.29, 0.717) is 34.4 Å². The number of benzene rings is 2. The number of hydrogen-bond donors (Lipinski definition) is 1. The number of ether oxygens (including phenoxy) is 1. The van der Waals surface area contributed by atoms with Gasteiger partial charge in [0.15, 0.2) is 5.78 Å². The molecule has 34 heavy (non-hydrogen) atoms. The fourth-order valence-electron chi connectivity index (χ4n) is 5.55. The quantitative estimate of drug-likeness (QED) is 0.371. The summed E-state index contributed by atoms with van der Waals surface area (Å²) in [5, 5.41) is 4.11. The van der Waals surface area contributed by atoms with Gasteiger partial charge >= 0.3 is 0 Å². The molecule has 178 valence electrons. The van der Waals surface area contributed by atoms with Crippen molar-refractivity contribution in [3.05, 3.63) is 77.1 Å². The second kappa shape index (κ2) is 9.52. The molecule has 1 fully saturated rings. The number of aromatic nitrogens is 1. The summed E-state index contributed by atoms with van der Waals surface area (Å²) < 4.78 is 6.24. The van der Waals surface area contributed by atoms with Crippen molar-refractivity contribution in [1.29, 1.82) is 0 Å². The highest BCUT2D eigenvalue weighted by Crippen LogP contribution is 2.39. The van der Waals surface area contributed by atoms with Gasteiger partial charge in [-0.1, -0.05) is 23.7 Å². The van der Waals surface area contributed by atoms with Gasteiger partial charge in [-0.3, -0.25) is 9.78 Å². The van der Waals surface area contributed by atoms with Gasteiger partial charge in [0.25, 0.3) is 0 Å². The standard InChI is InChI=1S/C29H33ClN2O2/c1-19-7-6-8-26(27(19)21-11-13-31-14-12-21)34-25-10-9-22(16-23(25)30)24(33)15-20-17-28(2,3)32-29(4,5)18-20/h6-14,16,20,32H,15,17-18H2,1-5H3. The predicted octanol–water partition coefficient (Wildman–Crippen LogP) is 7.63. The van der Waals surface area contributed by atoms with Crippen molar-refractivity contribution in [2.45, 2.75) is 65.0 Å². The lowest BCUT2D eigenvalue weighted by molar-refractivity contribution is 0.0864. The van der Waals surface area contributed by atoms with Crippen LogP contribution < -0.4 is 10.1 Å². The normalized spacial score (nSPS) is 17.4. The number of pyridine rings is 1. The van der Waals surface area contributed by atoms with Gasteiger partial charge in [0.1, 0.15) is 11.5 Å². The van der Waals surface area contributed by atoms with E-state index in [4.69, 9.17) is 16.3 Å². The van der Waals surface area contributed by atoms with Gasteiger partial charge in [0.05, 0.1) is 5.02 Å². The molecule has 2 aromatic carbocycles. The summed E-state index contributed by atoms with van der Waals surface area (Å²) in [6.45, 7) is 10.9. The zero-order valence-electron chi connectivity index (χ0n) is 20.6. The highest BCUT2D eigenvalue weighted by molar-refractivity contribution is 6.32. The number of piperidine rings is 1. The van der Waals surface area contributed by atoms with Gasteiger partial charge in [0, 0.05) is 41.0 Å². The Kier molecular flexibility index (Phi) is 6.84. The van der Waals surface area contributed by atoms with Crippen molar-refractivity contribution < 1.29 is 9.53 Å². The lowest BCUT2D eigenvalue weighted by Gasteiger charge is -2.46. The highest BCUT2D eigenvalue weighted by atomic mass is 35.5. The third-order valence-corrected chi connectivity index (χ3v) is 6.72. The molecule has 1 aliphatic heterocycles. The van der Waals surface area contributed by atoms with Gasteiger partial charge < -0.3 is 10.1 Å². The van der Waals surface area contributed by atoms with Crippen molar-refractivity contribution in [2.75, 3.05) is 0 Å². The zero-order valence-corrected chi connectivity index (χ0v) is 21.4. The summed E-state index contributed by atoms with van der Waals surface area (Å²) in [5.41, 5.74) is 3.78. The van der Waals surface area contributed by atoms with Crippen LogP contribution in [0.1, 0.15) is 62.9 Å². The van der Waals surface area contributed by atoms with Gasteiger partial charge in [0.2, 0.25) is 0 Å². The molecule has 4 nitrogen and oxygen atoms in total. The lowest BCUT2D eigenvalue weighted by atomic mass is 9.74. The van der Waals surface area contributed by atoms with Crippen LogP contribution in [-0.4, -0.2) is 21.8 Å². The van der Waals surface area contributed by atoms with Crippen LogP contribution >= 0.6 is 11.6 Å². The summed E-state index contributed by atoms with van der Waals surface area (Å²) in [4.78, 5) is 17.2. The predicted molar refractivity (Wildman–Crippen MR) is 139 cm³/mol. The van der Waals surface area contributed by atoms with Crippen molar-refractivity contribution in [3.63, 3.8) is 0 Å². The number of halogens is 1. The first-order valence-corrected chi connectivity index (χ1v) is 12.2. The fourth-order valence-corrected chi connectivity index (χ4v) is 5.77. The molecule has 0 amide bonds. The summed E-state index contributed by atoms with van der Waals surface area (Å²) in [5.74, 6) is 1.71. The van der Waals surface area contributed by atoms with Crippen LogP contribution in [0.3, 0.4) is 0 Å². The van der Waals surface area contributed by atoms with E-state index in [1.165, 1.54) is 0 Å². The third-order valence-electron chi connectivity index (χ3n) is 6.43. The molecule has 1 aromatic heterocycles. The Morgan fingerprint density at radius 3 is 2.35 bits per heavy atom. The first-order valence-electron chi connectivity index (χ1n) is 11.8. The second-order valence-electron chi connectivity index (χ2n) is 10.7. The van der Waals surface area contributed by atoms with Gasteiger partial charge in [-0.25, -0.2) is 0 Å². The zero-order chi connectivity index (χ0) is 24.5. The Bertz CT molecular complexity index is 1170. The number of rotatable bonds is 6. The lowest BCUT2D eigenvalue weighted by Crippen LogP contribution is -2.57. The van der Waals surface area contributed by atoms with Crippen LogP contribution in [-0.2, 0) is 0 Å². The minimum absolute atomic E-state index is 0.0162. The number of nitrogens with zero attached hydrogens (tertiary/aromatic N) is 1. The van der Waals surface area contributed by atoms with E-state index in [-0.39, 0.29) is 16.9 Å². The van der Waals surface area contributed by atoms with Crippen LogP contribution in [0.5, 0.6) is 11.5 Å². The Morgan fingerprint density at radius 1 is 1.03 bits per heavy atom. The number of nitrogens with one attached hydrogen (secondary N) is 1. The van der Waals surface area contributed by atoms with Crippen molar-refractivity contribution in [1.82, 2.24) is 10.3 Å². The maximum Gasteiger partial charge on any atom is 0.163 e. The Hall–Kier alpha value is -2.69. The summed E-state index contributed by atoms with van der Waals surface area (Å²) in [6, 6.07) is 15.2. The average Bonchev–Trinajstić information content (AvgIpc) is 2.73. The Morgan fingerprint density at radius 2 is 1.71 bits per heavy atom. The van der Waals surface area contributed by atoms with Crippen molar-refractivity contribution >= 4 is 17.4 Å². The van der Waals surface area contributed by atoms with Crippen LogP contribution in [0.15, 0.2) is 60.9 Å². The number of Topliss-reactive ketones (excluding diaryl/α,β-unsaturated/α-hetero) is 1. The SMILES string of the molecule is Cc1cccc(Oc2ccc(C(=O)CC3CC(C)(C)NC(C)(C)C3)cc2Cl)c1-c1ccncc1. The van der Waals surface area contributed by atoms with Crippen LogP contribution in [0, 0.1) is 12.8 Å². The topological polar surface area (TPSA) is 51.2 Å². The molecule has 0 aliphatic carbocycles. The molecule has 4 rings (SSSR count). The van der Waals surface area contributed by atoms with E-state index in [0.717, 1.165) is 29.5 Å². The molecule has 0 atom stereocenters. The molecule has 0 saturated carbocycles. The fraction of sp³-hybridized carbons (Fsp3) is 0.379. The molecular formula is C29H33ClN2O2. The van der Waals surface area contributed by atoms with E-state index >= 15 is 0 Å². The van der Waals surface area contributed by atoms with Crippen molar-refractivity contribution in [3.8, 4) is 22.6 Å². The molecule has 1 saturated heterocycles. The number of carbonyl (C=O) groups is 1. The first-order chi connectivity index (χ1) is 16.0. The molecule has 5 heteroatoms.